The highest BCUT2D eigenvalue weighted by Gasteiger charge is 2.09. The molecular formula is C11H12FNO3S. The van der Waals surface area contributed by atoms with Gasteiger partial charge in [0.2, 0.25) is 5.91 Å². The third-order valence-electron chi connectivity index (χ3n) is 1.71. The average Bonchev–Trinajstić information content (AvgIpc) is 2.28. The molecule has 1 aromatic rings. The Morgan fingerprint density at radius 1 is 1.41 bits per heavy atom. The number of hydrogen-bond acceptors (Lipinski definition) is 4. The highest BCUT2D eigenvalue weighted by molar-refractivity contribution is 8.00. The van der Waals surface area contributed by atoms with Crippen molar-refractivity contribution < 1.29 is 18.7 Å². The van der Waals surface area contributed by atoms with Crippen LogP contribution in [0.25, 0.3) is 0 Å². The third kappa shape index (κ3) is 4.86. The van der Waals surface area contributed by atoms with Crippen molar-refractivity contribution in [2.75, 3.05) is 12.4 Å². The Balaban J connectivity index is 2.38. The monoisotopic (exact) mass is 257 g/mol. The minimum absolute atomic E-state index is 0.0419. The van der Waals surface area contributed by atoms with Crippen molar-refractivity contribution in [2.24, 2.45) is 0 Å². The van der Waals surface area contributed by atoms with Crippen LogP contribution in [0.4, 0.5) is 9.18 Å². The normalized spacial score (nSPS) is 9.76. The standard InChI is InChI=1S/C11H12FNO3S/c1-2-16-11(15)13-10(14)7-17-9-6-4-3-5-8(9)12/h3-6H,2,7H2,1H3,(H,13,14,15). The SMILES string of the molecule is CCOC(=O)NC(=O)CSc1ccccc1F. The molecule has 92 valence electrons. The topological polar surface area (TPSA) is 55.4 Å². The highest BCUT2D eigenvalue weighted by Crippen LogP contribution is 2.20. The van der Waals surface area contributed by atoms with Gasteiger partial charge in [-0.25, -0.2) is 9.18 Å². The van der Waals surface area contributed by atoms with E-state index in [1.807, 2.05) is 5.32 Å². The van der Waals surface area contributed by atoms with Gasteiger partial charge >= 0.3 is 6.09 Å². The number of halogens is 1. The number of carbonyl (C=O) groups is 2. The summed E-state index contributed by atoms with van der Waals surface area (Å²) in [5.41, 5.74) is 0. The van der Waals surface area contributed by atoms with Gasteiger partial charge in [-0.1, -0.05) is 12.1 Å². The molecule has 17 heavy (non-hydrogen) atoms. The van der Waals surface area contributed by atoms with E-state index in [2.05, 4.69) is 4.74 Å². The first-order chi connectivity index (χ1) is 8.13. The summed E-state index contributed by atoms with van der Waals surface area (Å²) in [6, 6.07) is 6.12. The van der Waals surface area contributed by atoms with Gasteiger partial charge in [-0.15, -0.1) is 11.8 Å². The molecule has 1 rings (SSSR count). The zero-order valence-corrected chi connectivity index (χ0v) is 10.1. The molecule has 6 heteroatoms. The molecule has 0 atom stereocenters. The van der Waals surface area contributed by atoms with Gasteiger partial charge in [-0.3, -0.25) is 10.1 Å². The van der Waals surface area contributed by atoms with Crippen LogP contribution in [0.1, 0.15) is 6.92 Å². The van der Waals surface area contributed by atoms with Crippen molar-refractivity contribution >= 4 is 23.8 Å². The Morgan fingerprint density at radius 3 is 2.76 bits per heavy atom. The molecule has 0 fully saturated rings. The van der Waals surface area contributed by atoms with E-state index in [9.17, 15) is 14.0 Å². The van der Waals surface area contributed by atoms with E-state index in [0.29, 0.717) is 4.90 Å². The smallest absolute Gasteiger partial charge is 0.413 e. The second-order valence-corrected chi connectivity index (χ2v) is 4.00. The zero-order chi connectivity index (χ0) is 12.7. The molecule has 0 aromatic heterocycles. The molecule has 0 aliphatic carbocycles. The quantitative estimate of drug-likeness (QED) is 0.840. The van der Waals surface area contributed by atoms with E-state index in [4.69, 9.17) is 0 Å². The number of carbonyl (C=O) groups excluding carboxylic acids is 2. The lowest BCUT2D eigenvalue weighted by Crippen LogP contribution is -2.32. The first kappa shape index (κ1) is 13.5. The zero-order valence-electron chi connectivity index (χ0n) is 9.23. The summed E-state index contributed by atoms with van der Waals surface area (Å²) >= 11 is 1.02. The van der Waals surface area contributed by atoms with E-state index in [-0.39, 0.29) is 18.2 Å². The molecular weight excluding hydrogens is 245 g/mol. The van der Waals surface area contributed by atoms with Crippen LogP contribution >= 0.6 is 11.8 Å². The summed E-state index contributed by atoms with van der Waals surface area (Å²) in [5, 5.41) is 2.03. The second-order valence-electron chi connectivity index (χ2n) is 2.99. The fraction of sp³-hybridized carbons (Fsp3) is 0.273. The molecule has 0 aliphatic rings. The van der Waals surface area contributed by atoms with Gasteiger partial charge < -0.3 is 4.74 Å². The Kier molecular flexibility index (Phi) is 5.48. The first-order valence-corrected chi connectivity index (χ1v) is 5.96. The number of imide groups is 1. The van der Waals surface area contributed by atoms with Crippen molar-refractivity contribution in [3.05, 3.63) is 30.1 Å². The predicted octanol–water partition coefficient (Wildman–Crippen LogP) is 2.19. The van der Waals surface area contributed by atoms with E-state index in [0.717, 1.165) is 11.8 Å². The maximum absolute atomic E-state index is 13.2. The molecule has 0 heterocycles. The van der Waals surface area contributed by atoms with Crippen LogP contribution in [0.2, 0.25) is 0 Å². The molecule has 0 radical (unpaired) electrons. The van der Waals surface area contributed by atoms with Gasteiger partial charge in [0.15, 0.2) is 0 Å². The summed E-state index contributed by atoms with van der Waals surface area (Å²) in [4.78, 5) is 22.5. The van der Waals surface area contributed by atoms with E-state index >= 15 is 0 Å². The Hall–Kier alpha value is -1.56. The van der Waals surface area contributed by atoms with Crippen LogP contribution in [0, 0.1) is 5.82 Å². The van der Waals surface area contributed by atoms with Gasteiger partial charge in [0.1, 0.15) is 5.82 Å². The van der Waals surface area contributed by atoms with Crippen molar-refractivity contribution in [1.82, 2.24) is 5.32 Å². The van der Waals surface area contributed by atoms with Gasteiger partial charge in [-0.05, 0) is 19.1 Å². The van der Waals surface area contributed by atoms with Crippen molar-refractivity contribution in [3.8, 4) is 0 Å². The molecule has 2 amide bonds. The molecule has 1 N–H and O–H groups in total. The summed E-state index contributed by atoms with van der Waals surface area (Å²) < 4.78 is 17.7. The molecule has 0 saturated carbocycles. The fourth-order valence-electron chi connectivity index (χ4n) is 1.02. The van der Waals surface area contributed by atoms with Crippen LogP contribution in [-0.2, 0) is 9.53 Å². The van der Waals surface area contributed by atoms with Crippen molar-refractivity contribution in [2.45, 2.75) is 11.8 Å². The summed E-state index contributed by atoms with van der Waals surface area (Å²) in [5.74, 6) is -0.946. The molecule has 0 bridgehead atoms. The number of hydrogen-bond donors (Lipinski definition) is 1. The third-order valence-corrected chi connectivity index (χ3v) is 2.76. The van der Waals surface area contributed by atoms with Crippen molar-refractivity contribution in [3.63, 3.8) is 0 Å². The number of nitrogens with one attached hydrogen (secondary N) is 1. The number of benzene rings is 1. The Morgan fingerprint density at radius 2 is 2.12 bits per heavy atom. The lowest BCUT2D eigenvalue weighted by Gasteiger charge is -2.04. The summed E-state index contributed by atoms with van der Waals surface area (Å²) in [6.07, 6.45) is -0.786. The maximum Gasteiger partial charge on any atom is 0.413 e. The van der Waals surface area contributed by atoms with Crippen LogP contribution in [-0.4, -0.2) is 24.4 Å². The van der Waals surface area contributed by atoms with E-state index in [1.54, 1.807) is 25.1 Å². The summed E-state index contributed by atoms with van der Waals surface area (Å²) in [7, 11) is 0. The Labute approximate surface area is 103 Å². The number of ether oxygens (including phenoxy) is 1. The van der Waals surface area contributed by atoms with Gasteiger partial charge in [0.05, 0.1) is 12.4 Å². The number of alkyl carbamates (subject to hydrolysis) is 1. The minimum Gasteiger partial charge on any atom is -0.450 e. The number of amides is 2. The summed E-state index contributed by atoms with van der Waals surface area (Å²) in [6.45, 7) is 1.83. The van der Waals surface area contributed by atoms with Gasteiger partial charge in [0, 0.05) is 4.90 Å². The Bertz CT molecular complexity index is 411. The largest absolute Gasteiger partial charge is 0.450 e. The van der Waals surface area contributed by atoms with E-state index in [1.165, 1.54) is 6.07 Å². The highest BCUT2D eigenvalue weighted by atomic mass is 32.2. The fourth-order valence-corrected chi connectivity index (χ4v) is 1.76. The molecule has 1 aromatic carbocycles. The maximum atomic E-state index is 13.2. The van der Waals surface area contributed by atoms with Crippen LogP contribution < -0.4 is 5.32 Å². The van der Waals surface area contributed by atoms with Crippen LogP contribution in [0.3, 0.4) is 0 Å². The number of rotatable bonds is 4. The molecule has 0 aliphatic heterocycles. The molecule has 4 nitrogen and oxygen atoms in total. The van der Waals surface area contributed by atoms with E-state index < -0.39 is 12.0 Å². The molecule has 0 saturated heterocycles. The first-order valence-electron chi connectivity index (χ1n) is 4.97. The van der Waals surface area contributed by atoms with Crippen LogP contribution in [0.15, 0.2) is 29.2 Å². The van der Waals surface area contributed by atoms with Gasteiger partial charge in [-0.2, -0.15) is 0 Å². The molecule has 0 unspecified atom stereocenters. The lowest BCUT2D eigenvalue weighted by atomic mass is 10.3. The molecule has 0 spiro atoms. The van der Waals surface area contributed by atoms with Crippen LogP contribution in [0.5, 0.6) is 0 Å². The van der Waals surface area contributed by atoms with Crippen molar-refractivity contribution in [1.29, 1.82) is 0 Å². The number of thioether (sulfide) groups is 1. The van der Waals surface area contributed by atoms with Gasteiger partial charge in [0.25, 0.3) is 0 Å². The minimum atomic E-state index is -0.786. The lowest BCUT2D eigenvalue weighted by molar-refractivity contribution is -0.117. The predicted molar refractivity (Wildman–Crippen MR) is 62.3 cm³/mol. The average molecular weight is 257 g/mol. The second kappa shape index (κ2) is 6.90.